The zero-order valence-electron chi connectivity index (χ0n) is 10.2. The highest BCUT2D eigenvalue weighted by Crippen LogP contribution is 2.19. The standard InChI is InChI=1S/C14H26/c1-4-7-10-13-14(11-8-5-2)12-9-6-3/h14H,4-5,7-8,10-13H2,1-3H3. The molecule has 0 saturated carbocycles. The maximum atomic E-state index is 3.23. The summed E-state index contributed by atoms with van der Waals surface area (Å²) in [6.45, 7) is 6.49. The van der Waals surface area contributed by atoms with Crippen LogP contribution in [0.15, 0.2) is 0 Å². The van der Waals surface area contributed by atoms with Gasteiger partial charge in [-0.3, -0.25) is 0 Å². The van der Waals surface area contributed by atoms with Crippen LogP contribution in [-0.2, 0) is 0 Å². The second-order valence-corrected chi connectivity index (χ2v) is 4.13. The van der Waals surface area contributed by atoms with E-state index >= 15 is 0 Å². The van der Waals surface area contributed by atoms with Crippen LogP contribution >= 0.6 is 0 Å². The normalized spacial score (nSPS) is 11.9. The van der Waals surface area contributed by atoms with E-state index in [0.29, 0.717) is 0 Å². The van der Waals surface area contributed by atoms with Crippen molar-refractivity contribution in [2.75, 3.05) is 0 Å². The van der Waals surface area contributed by atoms with Gasteiger partial charge < -0.3 is 0 Å². The minimum absolute atomic E-state index is 0.869. The topological polar surface area (TPSA) is 0 Å². The highest BCUT2D eigenvalue weighted by Gasteiger charge is 2.05. The minimum atomic E-state index is 0.869. The summed E-state index contributed by atoms with van der Waals surface area (Å²) in [5.74, 6) is 7.12. The molecule has 0 aliphatic heterocycles. The number of hydrogen-bond acceptors (Lipinski definition) is 0. The lowest BCUT2D eigenvalue weighted by Gasteiger charge is -2.12. The summed E-state index contributed by atoms with van der Waals surface area (Å²) in [4.78, 5) is 0. The zero-order chi connectivity index (χ0) is 10.6. The van der Waals surface area contributed by atoms with Crippen molar-refractivity contribution in [3.05, 3.63) is 0 Å². The van der Waals surface area contributed by atoms with E-state index in [0.717, 1.165) is 12.3 Å². The summed E-state index contributed by atoms with van der Waals surface area (Å²) in [5, 5.41) is 0. The number of rotatable bonds is 8. The van der Waals surface area contributed by atoms with Crippen LogP contribution in [0.3, 0.4) is 0 Å². The molecule has 0 amide bonds. The maximum absolute atomic E-state index is 3.23. The fourth-order valence-electron chi connectivity index (χ4n) is 1.77. The van der Waals surface area contributed by atoms with Gasteiger partial charge in [0.25, 0.3) is 0 Å². The molecule has 0 radical (unpaired) electrons. The summed E-state index contributed by atoms with van der Waals surface area (Å²) in [7, 11) is 0. The smallest absolute Gasteiger partial charge is 0.0117 e. The molecule has 14 heavy (non-hydrogen) atoms. The molecule has 0 heteroatoms. The van der Waals surface area contributed by atoms with Crippen LogP contribution in [0, 0.1) is 17.8 Å². The van der Waals surface area contributed by atoms with Gasteiger partial charge in [-0.1, -0.05) is 46.0 Å². The first-order chi connectivity index (χ1) is 6.85. The monoisotopic (exact) mass is 194 g/mol. The van der Waals surface area contributed by atoms with Crippen molar-refractivity contribution in [1.82, 2.24) is 0 Å². The van der Waals surface area contributed by atoms with Gasteiger partial charge in [0.2, 0.25) is 0 Å². The van der Waals surface area contributed by atoms with E-state index in [1.165, 1.54) is 44.9 Å². The highest BCUT2D eigenvalue weighted by atomic mass is 14.1. The van der Waals surface area contributed by atoms with Gasteiger partial charge in [0.1, 0.15) is 0 Å². The minimum Gasteiger partial charge on any atom is -0.107 e. The Hall–Kier alpha value is -0.440. The maximum Gasteiger partial charge on any atom is 0.0117 e. The van der Waals surface area contributed by atoms with E-state index < -0.39 is 0 Å². The molecular weight excluding hydrogens is 168 g/mol. The van der Waals surface area contributed by atoms with Crippen LogP contribution < -0.4 is 0 Å². The molecule has 0 aliphatic rings. The Morgan fingerprint density at radius 3 is 2.14 bits per heavy atom. The van der Waals surface area contributed by atoms with Gasteiger partial charge in [-0.15, -0.1) is 11.8 Å². The molecule has 0 N–H and O–H groups in total. The quantitative estimate of drug-likeness (QED) is 0.385. The van der Waals surface area contributed by atoms with Crippen LogP contribution in [0.1, 0.15) is 72.1 Å². The van der Waals surface area contributed by atoms with E-state index in [4.69, 9.17) is 0 Å². The third-order valence-electron chi connectivity index (χ3n) is 2.75. The van der Waals surface area contributed by atoms with Crippen molar-refractivity contribution in [3.63, 3.8) is 0 Å². The van der Waals surface area contributed by atoms with Crippen molar-refractivity contribution < 1.29 is 0 Å². The SMILES string of the molecule is CC#CCC(CCCC)CCCCC. The summed E-state index contributed by atoms with van der Waals surface area (Å²) in [6, 6.07) is 0. The molecule has 0 bridgehead atoms. The van der Waals surface area contributed by atoms with Gasteiger partial charge in [0, 0.05) is 6.42 Å². The third kappa shape index (κ3) is 8.17. The lowest BCUT2D eigenvalue weighted by Crippen LogP contribution is -1.99. The molecule has 1 unspecified atom stereocenters. The Balaban J connectivity index is 3.64. The van der Waals surface area contributed by atoms with Crippen LogP contribution in [0.25, 0.3) is 0 Å². The Bertz CT molecular complexity index is 159. The van der Waals surface area contributed by atoms with Gasteiger partial charge in [-0.05, 0) is 25.7 Å². The predicted molar refractivity (Wildman–Crippen MR) is 65.2 cm³/mol. The van der Waals surface area contributed by atoms with Crippen molar-refractivity contribution in [3.8, 4) is 11.8 Å². The first kappa shape index (κ1) is 13.6. The van der Waals surface area contributed by atoms with E-state index in [2.05, 4.69) is 25.7 Å². The first-order valence-corrected chi connectivity index (χ1v) is 6.24. The number of unbranched alkanes of at least 4 members (excludes halogenated alkanes) is 3. The summed E-state index contributed by atoms with van der Waals surface area (Å²) in [5.41, 5.74) is 0. The molecule has 0 nitrogen and oxygen atoms in total. The lowest BCUT2D eigenvalue weighted by molar-refractivity contribution is 0.423. The van der Waals surface area contributed by atoms with E-state index in [1.54, 1.807) is 0 Å². The van der Waals surface area contributed by atoms with Crippen molar-refractivity contribution in [1.29, 1.82) is 0 Å². The molecular formula is C14H26. The Labute approximate surface area is 90.5 Å². The molecule has 0 aromatic rings. The Morgan fingerprint density at radius 2 is 1.57 bits per heavy atom. The molecule has 1 atom stereocenters. The molecule has 0 rings (SSSR count). The van der Waals surface area contributed by atoms with E-state index in [9.17, 15) is 0 Å². The third-order valence-corrected chi connectivity index (χ3v) is 2.75. The van der Waals surface area contributed by atoms with Crippen molar-refractivity contribution in [2.45, 2.75) is 72.1 Å². The Kier molecular flexibility index (Phi) is 10.3. The molecule has 0 fully saturated rings. The average Bonchev–Trinajstić information content (AvgIpc) is 2.21. The predicted octanol–water partition coefficient (Wildman–Crippen LogP) is 4.79. The van der Waals surface area contributed by atoms with E-state index in [1.807, 2.05) is 6.92 Å². The van der Waals surface area contributed by atoms with Gasteiger partial charge >= 0.3 is 0 Å². The second-order valence-electron chi connectivity index (χ2n) is 4.13. The van der Waals surface area contributed by atoms with Crippen LogP contribution in [0.2, 0.25) is 0 Å². The first-order valence-electron chi connectivity index (χ1n) is 6.24. The Morgan fingerprint density at radius 1 is 0.929 bits per heavy atom. The van der Waals surface area contributed by atoms with Crippen LogP contribution in [-0.4, -0.2) is 0 Å². The lowest BCUT2D eigenvalue weighted by atomic mass is 9.93. The van der Waals surface area contributed by atoms with Crippen LogP contribution in [0.4, 0.5) is 0 Å². The molecule has 0 spiro atoms. The summed E-state index contributed by atoms with van der Waals surface area (Å²) in [6.07, 6.45) is 10.7. The molecule has 0 aromatic heterocycles. The molecule has 0 saturated heterocycles. The molecule has 0 aromatic carbocycles. The number of hydrogen-bond donors (Lipinski definition) is 0. The van der Waals surface area contributed by atoms with Crippen molar-refractivity contribution in [2.24, 2.45) is 5.92 Å². The van der Waals surface area contributed by atoms with Gasteiger partial charge in [-0.2, -0.15) is 0 Å². The van der Waals surface area contributed by atoms with Gasteiger partial charge in [0.05, 0.1) is 0 Å². The molecule has 0 aliphatic carbocycles. The van der Waals surface area contributed by atoms with Crippen molar-refractivity contribution >= 4 is 0 Å². The largest absolute Gasteiger partial charge is 0.107 e. The molecule has 82 valence electrons. The van der Waals surface area contributed by atoms with Gasteiger partial charge in [0.15, 0.2) is 0 Å². The zero-order valence-corrected chi connectivity index (χ0v) is 10.2. The fraction of sp³-hybridized carbons (Fsp3) is 0.857. The molecule has 0 heterocycles. The van der Waals surface area contributed by atoms with Crippen LogP contribution in [0.5, 0.6) is 0 Å². The average molecular weight is 194 g/mol. The van der Waals surface area contributed by atoms with E-state index in [-0.39, 0.29) is 0 Å². The van der Waals surface area contributed by atoms with Gasteiger partial charge in [-0.25, -0.2) is 0 Å². The summed E-state index contributed by atoms with van der Waals surface area (Å²) < 4.78 is 0. The second kappa shape index (κ2) is 10.6. The fourth-order valence-corrected chi connectivity index (χ4v) is 1.77. The summed E-state index contributed by atoms with van der Waals surface area (Å²) >= 11 is 0. The highest BCUT2D eigenvalue weighted by molar-refractivity contribution is 4.96.